The topological polar surface area (TPSA) is 66.8 Å². The van der Waals surface area contributed by atoms with Crippen molar-refractivity contribution in [3.8, 4) is 5.75 Å². The molecule has 0 heterocycles. The van der Waals surface area contributed by atoms with Crippen LogP contribution >= 0.6 is 0 Å². The third-order valence-corrected chi connectivity index (χ3v) is 2.79. The molecule has 1 aromatic rings. The summed E-state index contributed by atoms with van der Waals surface area (Å²) in [5, 5.41) is 8.73. The van der Waals surface area contributed by atoms with E-state index in [4.69, 9.17) is 9.84 Å². The molecule has 8 heteroatoms. The summed E-state index contributed by atoms with van der Waals surface area (Å²) >= 11 is 0. The van der Waals surface area contributed by atoms with Gasteiger partial charge in [-0.3, -0.25) is 9.59 Å². The van der Waals surface area contributed by atoms with Gasteiger partial charge in [0, 0.05) is 6.04 Å². The van der Waals surface area contributed by atoms with Crippen LogP contribution in [0, 0.1) is 0 Å². The fraction of sp³-hybridized carbons (Fsp3) is 0.429. The van der Waals surface area contributed by atoms with E-state index in [9.17, 15) is 22.8 Å². The average Bonchev–Trinajstić information content (AvgIpc) is 2.41. The van der Waals surface area contributed by atoms with Crippen LogP contribution in [-0.4, -0.2) is 41.1 Å². The number of amides is 1. The number of hydrogen-bond donors (Lipinski definition) is 1. The van der Waals surface area contributed by atoms with Crippen molar-refractivity contribution in [3.05, 3.63) is 29.8 Å². The Labute approximate surface area is 125 Å². The molecule has 0 spiro atoms. The van der Waals surface area contributed by atoms with Gasteiger partial charge >= 0.3 is 12.1 Å². The molecule has 0 aliphatic heterocycles. The number of ether oxygens (including phenoxy) is 1. The molecule has 1 amide bonds. The van der Waals surface area contributed by atoms with Crippen molar-refractivity contribution >= 4 is 11.9 Å². The Hall–Kier alpha value is -2.25. The van der Waals surface area contributed by atoms with Crippen LogP contribution in [-0.2, 0) is 15.8 Å². The van der Waals surface area contributed by atoms with Crippen molar-refractivity contribution in [2.45, 2.75) is 26.1 Å². The van der Waals surface area contributed by atoms with Crippen molar-refractivity contribution in [1.29, 1.82) is 0 Å². The highest BCUT2D eigenvalue weighted by molar-refractivity contribution is 5.82. The van der Waals surface area contributed by atoms with Gasteiger partial charge in [-0.05, 0) is 26.0 Å². The molecule has 0 aromatic heterocycles. The summed E-state index contributed by atoms with van der Waals surface area (Å²) in [7, 11) is 0. The number of para-hydroxylation sites is 1. The average molecular weight is 319 g/mol. The van der Waals surface area contributed by atoms with Gasteiger partial charge in [0.25, 0.3) is 5.91 Å². The molecule has 0 saturated carbocycles. The first-order chi connectivity index (χ1) is 10.1. The standard InChI is InChI=1S/C14H16F3NO4/c1-9(2)18(7-13(20)21)12(19)8-22-11-6-4-3-5-10(11)14(15,16)17/h3-6,9H,7-8H2,1-2H3,(H,20,21). The number of carboxylic acids is 1. The molecule has 0 saturated heterocycles. The Morgan fingerprint density at radius 2 is 1.86 bits per heavy atom. The van der Waals surface area contributed by atoms with Crippen LogP contribution in [0.1, 0.15) is 19.4 Å². The molecule has 0 bridgehead atoms. The quantitative estimate of drug-likeness (QED) is 0.874. The number of halogens is 3. The molecular weight excluding hydrogens is 303 g/mol. The number of aliphatic carboxylic acids is 1. The highest BCUT2D eigenvalue weighted by Crippen LogP contribution is 2.35. The second kappa shape index (κ2) is 7.15. The Bertz CT molecular complexity index is 543. The number of benzene rings is 1. The lowest BCUT2D eigenvalue weighted by Gasteiger charge is -2.25. The summed E-state index contributed by atoms with van der Waals surface area (Å²) in [5.41, 5.74) is -0.989. The van der Waals surface area contributed by atoms with E-state index in [0.717, 1.165) is 17.0 Å². The highest BCUT2D eigenvalue weighted by Gasteiger charge is 2.34. The number of carbonyl (C=O) groups excluding carboxylic acids is 1. The van der Waals surface area contributed by atoms with E-state index < -0.39 is 48.6 Å². The minimum Gasteiger partial charge on any atom is -0.483 e. The second-order valence-corrected chi connectivity index (χ2v) is 4.79. The maximum absolute atomic E-state index is 12.8. The van der Waals surface area contributed by atoms with Crippen LogP contribution < -0.4 is 4.74 Å². The van der Waals surface area contributed by atoms with Gasteiger partial charge in [0.2, 0.25) is 0 Å². The van der Waals surface area contributed by atoms with Gasteiger partial charge in [0.1, 0.15) is 12.3 Å². The lowest BCUT2D eigenvalue weighted by Crippen LogP contribution is -2.43. The van der Waals surface area contributed by atoms with E-state index in [1.54, 1.807) is 13.8 Å². The van der Waals surface area contributed by atoms with Crippen LogP contribution in [0.2, 0.25) is 0 Å². The minimum absolute atomic E-state index is 0.412. The van der Waals surface area contributed by atoms with Crippen molar-refractivity contribution in [2.24, 2.45) is 0 Å². The predicted molar refractivity (Wildman–Crippen MR) is 71.4 cm³/mol. The van der Waals surface area contributed by atoms with Gasteiger partial charge in [-0.2, -0.15) is 13.2 Å². The first-order valence-corrected chi connectivity index (χ1v) is 6.43. The molecular formula is C14H16F3NO4. The van der Waals surface area contributed by atoms with E-state index in [-0.39, 0.29) is 0 Å². The number of alkyl halides is 3. The minimum atomic E-state index is -4.60. The number of hydrogen-bond acceptors (Lipinski definition) is 3. The Kier molecular flexibility index (Phi) is 5.78. The van der Waals surface area contributed by atoms with Gasteiger partial charge in [-0.1, -0.05) is 12.1 Å². The van der Waals surface area contributed by atoms with Crippen molar-refractivity contribution in [3.63, 3.8) is 0 Å². The van der Waals surface area contributed by atoms with Crippen LogP contribution in [0.15, 0.2) is 24.3 Å². The molecule has 0 unspecified atom stereocenters. The van der Waals surface area contributed by atoms with Crippen molar-refractivity contribution in [1.82, 2.24) is 4.90 Å². The maximum Gasteiger partial charge on any atom is 0.419 e. The van der Waals surface area contributed by atoms with E-state index in [0.29, 0.717) is 0 Å². The molecule has 1 rings (SSSR count). The van der Waals surface area contributed by atoms with Gasteiger partial charge < -0.3 is 14.7 Å². The van der Waals surface area contributed by atoms with Crippen LogP contribution in [0.3, 0.4) is 0 Å². The maximum atomic E-state index is 12.8. The zero-order chi connectivity index (χ0) is 16.9. The Balaban J connectivity index is 2.81. The molecule has 0 atom stereocenters. The van der Waals surface area contributed by atoms with Crippen molar-refractivity contribution in [2.75, 3.05) is 13.2 Å². The van der Waals surface area contributed by atoms with Crippen LogP contribution in [0.4, 0.5) is 13.2 Å². The van der Waals surface area contributed by atoms with Crippen molar-refractivity contribution < 1.29 is 32.6 Å². The van der Waals surface area contributed by atoms with Gasteiger partial charge in [-0.15, -0.1) is 0 Å². The Morgan fingerprint density at radius 1 is 1.27 bits per heavy atom. The molecule has 22 heavy (non-hydrogen) atoms. The summed E-state index contributed by atoms with van der Waals surface area (Å²) in [5.74, 6) is -2.38. The van der Waals surface area contributed by atoms with Gasteiger partial charge in [-0.25, -0.2) is 0 Å². The first-order valence-electron chi connectivity index (χ1n) is 6.43. The SMILES string of the molecule is CC(C)N(CC(=O)O)C(=O)COc1ccccc1C(F)(F)F. The molecule has 5 nitrogen and oxygen atoms in total. The lowest BCUT2D eigenvalue weighted by molar-refractivity contribution is -0.147. The predicted octanol–water partition coefficient (Wildman–Crippen LogP) is 2.41. The number of nitrogens with zero attached hydrogens (tertiary/aromatic N) is 1. The number of carboxylic acid groups (broad SMARTS) is 1. The van der Waals surface area contributed by atoms with Crippen LogP contribution in [0.5, 0.6) is 5.75 Å². The molecule has 1 N–H and O–H groups in total. The van der Waals surface area contributed by atoms with E-state index in [1.165, 1.54) is 12.1 Å². The summed E-state index contributed by atoms with van der Waals surface area (Å²) in [6.45, 7) is 1.99. The smallest absolute Gasteiger partial charge is 0.419 e. The third kappa shape index (κ3) is 4.94. The summed E-state index contributed by atoms with van der Waals surface area (Å²) in [6.07, 6.45) is -4.60. The van der Waals surface area contributed by atoms with E-state index in [1.807, 2.05) is 0 Å². The normalized spacial score (nSPS) is 11.4. The third-order valence-electron chi connectivity index (χ3n) is 2.79. The van der Waals surface area contributed by atoms with Crippen LogP contribution in [0.25, 0.3) is 0 Å². The fourth-order valence-electron chi connectivity index (χ4n) is 1.75. The van der Waals surface area contributed by atoms with E-state index >= 15 is 0 Å². The number of rotatable bonds is 6. The van der Waals surface area contributed by atoms with Gasteiger partial charge in [0.05, 0.1) is 5.56 Å². The van der Waals surface area contributed by atoms with E-state index in [2.05, 4.69) is 0 Å². The first kappa shape index (κ1) is 17.8. The number of carbonyl (C=O) groups is 2. The highest BCUT2D eigenvalue weighted by atomic mass is 19.4. The molecule has 0 fully saturated rings. The molecule has 122 valence electrons. The zero-order valence-electron chi connectivity index (χ0n) is 12.1. The molecule has 0 aliphatic rings. The summed E-state index contributed by atoms with van der Waals surface area (Å²) in [6, 6.07) is 4.10. The largest absolute Gasteiger partial charge is 0.483 e. The summed E-state index contributed by atoms with van der Waals surface area (Å²) < 4.78 is 43.3. The van der Waals surface area contributed by atoms with Gasteiger partial charge in [0.15, 0.2) is 6.61 Å². The Morgan fingerprint density at radius 3 is 2.36 bits per heavy atom. The molecule has 0 aliphatic carbocycles. The lowest BCUT2D eigenvalue weighted by atomic mass is 10.2. The second-order valence-electron chi connectivity index (χ2n) is 4.79. The molecule has 1 aromatic carbocycles. The fourth-order valence-corrected chi connectivity index (χ4v) is 1.75. The zero-order valence-corrected chi connectivity index (χ0v) is 12.1. The summed E-state index contributed by atoms with van der Waals surface area (Å²) in [4.78, 5) is 23.6. The molecule has 0 radical (unpaired) electrons. The monoisotopic (exact) mass is 319 g/mol.